The van der Waals surface area contributed by atoms with Gasteiger partial charge in [0, 0.05) is 20.3 Å². The van der Waals surface area contributed by atoms with Crippen LogP contribution in [0.2, 0.25) is 0 Å². The van der Waals surface area contributed by atoms with Gasteiger partial charge in [-0.1, -0.05) is 12.1 Å². The van der Waals surface area contributed by atoms with Crippen LogP contribution in [0.4, 0.5) is 0 Å². The van der Waals surface area contributed by atoms with Crippen LogP contribution in [0.5, 0.6) is 0 Å². The number of hydrogen-bond donors (Lipinski definition) is 0. The molecule has 0 N–H and O–H groups in total. The Morgan fingerprint density at radius 1 is 1.26 bits per heavy atom. The fourth-order valence-electron chi connectivity index (χ4n) is 2.16. The summed E-state index contributed by atoms with van der Waals surface area (Å²) < 4.78 is 3.59. The van der Waals surface area contributed by atoms with Crippen LogP contribution in [0.15, 0.2) is 36.7 Å². The van der Waals surface area contributed by atoms with E-state index in [9.17, 15) is 4.79 Å². The van der Waals surface area contributed by atoms with Crippen molar-refractivity contribution in [2.75, 3.05) is 0 Å². The SMILES string of the molecule is Cn1cc(C(=O)Cc2nc3ccccc3n2C)cn1. The van der Waals surface area contributed by atoms with Gasteiger partial charge in [-0.25, -0.2) is 4.98 Å². The maximum atomic E-state index is 12.1. The van der Waals surface area contributed by atoms with Gasteiger partial charge in [-0.2, -0.15) is 5.10 Å². The van der Waals surface area contributed by atoms with Gasteiger partial charge in [-0.3, -0.25) is 9.48 Å². The van der Waals surface area contributed by atoms with E-state index in [0.717, 1.165) is 16.9 Å². The van der Waals surface area contributed by atoms with Gasteiger partial charge >= 0.3 is 0 Å². The van der Waals surface area contributed by atoms with E-state index in [0.29, 0.717) is 5.56 Å². The summed E-state index contributed by atoms with van der Waals surface area (Å²) in [5.41, 5.74) is 2.57. The van der Waals surface area contributed by atoms with Gasteiger partial charge in [0.05, 0.1) is 29.2 Å². The molecule has 19 heavy (non-hydrogen) atoms. The lowest BCUT2D eigenvalue weighted by Gasteiger charge is -2.00. The van der Waals surface area contributed by atoms with Crippen molar-refractivity contribution < 1.29 is 4.79 Å². The summed E-state index contributed by atoms with van der Waals surface area (Å²) in [5, 5.41) is 4.01. The minimum Gasteiger partial charge on any atom is -0.331 e. The molecule has 5 nitrogen and oxygen atoms in total. The molecule has 0 spiro atoms. The fraction of sp³-hybridized carbons (Fsp3) is 0.214. The molecule has 0 radical (unpaired) electrons. The molecule has 0 saturated heterocycles. The topological polar surface area (TPSA) is 52.7 Å². The first kappa shape index (κ1) is 11.6. The predicted octanol–water partition coefficient (Wildman–Crippen LogP) is 1.73. The molecule has 3 rings (SSSR count). The van der Waals surface area contributed by atoms with Gasteiger partial charge in [-0.15, -0.1) is 0 Å². The van der Waals surface area contributed by atoms with Gasteiger partial charge in [0.2, 0.25) is 0 Å². The highest BCUT2D eigenvalue weighted by Crippen LogP contribution is 2.15. The molecule has 3 aromatic rings. The van der Waals surface area contributed by atoms with Crippen molar-refractivity contribution in [3.05, 3.63) is 48.0 Å². The van der Waals surface area contributed by atoms with Crippen molar-refractivity contribution in [2.24, 2.45) is 14.1 Å². The number of rotatable bonds is 3. The molecule has 5 heteroatoms. The van der Waals surface area contributed by atoms with E-state index in [1.54, 1.807) is 24.1 Å². The third-order valence-electron chi connectivity index (χ3n) is 3.23. The zero-order valence-electron chi connectivity index (χ0n) is 10.9. The Morgan fingerprint density at radius 3 is 2.74 bits per heavy atom. The first-order chi connectivity index (χ1) is 9.15. The number of imidazole rings is 1. The number of ketones is 1. The van der Waals surface area contributed by atoms with Crippen molar-refractivity contribution in [1.29, 1.82) is 0 Å². The summed E-state index contributed by atoms with van der Waals surface area (Å²) in [6, 6.07) is 7.87. The highest BCUT2D eigenvalue weighted by atomic mass is 16.1. The molecule has 0 bridgehead atoms. The molecular weight excluding hydrogens is 240 g/mol. The number of fused-ring (bicyclic) bond motifs is 1. The maximum Gasteiger partial charge on any atom is 0.173 e. The number of aryl methyl sites for hydroxylation is 2. The summed E-state index contributed by atoms with van der Waals surface area (Å²) in [6.45, 7) is 0. The Balaban J connectivity index is 1.93. The van der Waals surface area contributed by atoms with Crippen LogP contribution in [-0.2, 0) is 20.5 Å². The lowest BCUT2D eigenvalue weighted by Crippen LogP contribution is -2.07. The molecule has 1 aromatic carbocycles. The van der Waals surface area contributed by atoms with E-state index in [4.69, 9.17) is 0 Å². The van der Waals surface area contributed by atoms with Crippen LogP contribution >= 0.6 is 0 Å². The first-order valence-corrected chi connectivity index (χ1v) is 6.07. The number of hydrogen-bond acceptors (Lipinski definition) is 3. The second-order valence-corrected chi connectivity index (χ2v) is 4.58. The summed E-state index contributed by atoms with van der Waals surface area (Å²) in [7, 11) is 3.73. The lowest BCUT2D eigenvalue weighted by atomic mass is 10.2. The predicted molar refractivity (Wildman–Crippen MR) is 72.0 cm³/mol. The Bertz CT molecular complexity index is 754. The second-order valence-electron chi connectivity index (χ2n) is 4.58. The van der Waals surface area contributed by atoms with Crippen molar-refractivity contribution in [3.8, 4) is 0 Å². The van der Waals surface area contributed by atoms with E-state index < -0.39 is 0 Å². The van der Waals surface area contributed by atoms with E-state index in [2.05, 4.69) is 10.1 Å². The Labute approximate surface area is 110 Å². The van der Waals surface area contributed by atoms with E-state index in [-0.39, 0.29) is 12.2 Å². The van der Waals surface area contributed by atoms with Crippen LogP contribution in [0.25, 0.3) is 11.0 Å². The van der Waals surface area contributed by atoms with Gasteiger partial charge in [0.25, 0.3) is 0 Å². The van der Waals surface area contributed by atoms with Gasteiger partial charge in [0.15, 0.2) is 5.78 Å². The average molecular weight is 254 g/mol. The second kappa shape index (κ2) is 4.35. The molecule has 0 aliphatic heterocycles. The third kappa shape index (κ3) is 2.03. The van der Waals surface area contributed by atoms with E-state index in [1.807, 2.05) is 35.9 Å². The molecule has 2 aromatic heterocycles. The first-order valence-electron chi connectivity index (χ1n) is 6.07. The summed E-state index contributed by atoms with van der Waals surface area (Å²) in [5.74, 6) is 0.807. The number of para-hydroxylation sites is 2. The van der Waals surface area contributed by atoms with Gasteiger partial charge < -0.3 is 4.57 Å². The number of carbonyl (C=O) groups excluding carboxylic acids is 1. The number of carbonyl (C=O) groups is 1. The summed E-state index contributed by atoms with van der Waals surface area (Å²) >= 11 is 0. The molecular formula is C14H14N4O. The van der Waals surface area contributed by atoms with Crippen LogP contribution in [0.3, 0.4) is 0 Å². The summed E-state index contributed by atoms with van der Waals surface area (Å²) in [4.78, 5) is 16.6. The van der Waals surface area contributed by atoms with Gasteiger partial charge in [-0.05, 0) is 12.1 Å². The van der Waals surface area contributed by atoms with Crippen LogP contribution in [-0.4, -0.2) is 25.1 Å². The largest absolute Gasteiger partial charge is 0.331 e. The van der Waals surface area contributed by atoms with E-state index in [1.165, 1.54) is 0 Å². The fourth-order valence-corrected chi connectivity index (χ4v) is 2.16. The van der Waals surface area contributed by atoms with Crippen molar-refractivity contribution in [2.45, 2.75) is 6.42 Å². The molecule has 0 aliphatic rings. The van der Waals surface area contributed by atoms with Crippen molar-refractivity contribution in [1.82, 2.24) is 19.3 Å². The van der Waals surface area contributed by atoms with Crippen molar-refractivity contribution in [3.63, 3.8) is 0 Å². The smallest absolute Gasteiger partial charge is 0.173 e. The molecule has 0 saturated carbocycles. The molecule has 2 heterocycles. The Kier molecular flexibility index (Phi) is 2.67. The number of nitrogens with zero attached hydrogens (tertiary/aromatic N) is 4. The third-order valence-corrected chi connectivity index (χ3v) is 3.23. The van der Waals surface area contributed by atoms with Gasteiger partial charge in [0.1, 0.15) is 5.82 Å². The molecule has 0 amide bonds. The van der Waals surface area contributed by atoms with E-state index >= 15 is 0 Å². The molecule has 0 atom stereocenters. The average Bonchev–Trinajstić information content (AvgIpc) is 2.96. The lowest BCUT2D eigenvalue weighted by molar-refractivity contribution is 0.0990. The maximum absolute atomic E-state index is 12.1. The molecule has 0 fully saturated rings. The normalized spacial score (nSPS) is 11.1. The minimum atomic E-state index is 0.0338. The molecule has 0 aliphatic carbocycles. The Morgan fingerprint density at radius 2 is 2.05 bits per heavy atom. The van der Waals surface area contributed by atoms with Crippen LogP contribution in [0, 0.1) is 0 Å². The number of benzene rings is 1. The highest BCUT2D eigenvalue weighted by Gasteiger charge is 2.14. The standard InChI is InChI=1S/C14H14N4O/c1-17-9-10(8-15-17)13(19)7-14-16-11-5-3-4-6-12(11)18(14)2/h3-6,8-9H,7H2,1-2H3. The monoisotopic (exact) mass is 254 g/mol. The zero-order valence-corrected chi connectivity index (χ0v) is 10.9. The van der Waals surface area contributed by atoms with Crippen LogP contribution < -0.4 is 0 Å². The number of aromatic nitrogens is 4. The Hall–Kier alpha value is -2.43. The van der Waals surface area contributed by atoms with Crippen molar-refractivity contribution >= 4 is 16.8 Å². The quantitative estimate of drug-likeness (QED) is 0.669. The highest BCUT2D eigenvalue weighted by molar-refractivity contribution is 5.97. The number of Topliss-reactive ketones (excluding diaryl/α,β-unsaturated/α-hetero) is 1. The molecule has 0 unspecified atom stereocenters. The summed E-state index contributed by atoms with van der Waals surface area (Å²) in [6.07, 6.45) is 3.60. The van der Waals surface area contributed by atoms with Crippen LogP contribution in [0.1, 0.15) is 16.2 Å². The minimum absolute atomic E-state index is 0.0338. The molecule has 96 valence electrons. The zero-order chi connectivity index (χ0) is 13.4.